The Morgan fingerprint density at radius 1 is 0.923 bits per heavy atom. The van der Waals surface area contributed by atoms with E-state index in [-0.39, 0.29) is 11.5 Å². The van der Waals surface area contributed by atoms with Crippen LogP contribution >= 0.6 is 0 Å². The Labute approximate surface area is 160 Å². The molecule has 4 rings (SSSR count). The van der Waals surface area contributed by atoms with Crippen LogP contribution in [0.5, 0.6) is 0 Å². The van der Waals surface area contributed by atoms with Crippen LogP contribution in [0.15, 0.2) is 0 Å². The van der Waals surface area contributed by atoms with Crippen molar-refractivity contribution >= 4 is 0 Å². The lowest BCUT2D eigenvalue weighted by Crippen LogP contribution is -2.54. The van der Waals surface area contributed by atoms with E-state index in [1.165, 1.54) is 51.4 Å². The molecule has 4 unspecified atom stereocenters. The number of hydrogen-bond acceptors (Lipinski definition) is 3. The van der Waals surface area contributed by atoms with Gasteiger partial charge in [0.05, 0.1) is 18.8 Å². The first kappa shape index (κ1) is 19.2. The second-order valence-corrected chi connectivity index (χ2v) is 10.9. The summed E-state index contributed by atoms with van der Waals surface area (Å²) in [6.45, 7) is 6.94. The number of hydrogen-bond donors (Lipinski definition) is 1. The summed E-state index contributed by atoms with van der Waals surface area (Å²) in [5.74, 6) is 3.41. The number of likely N-dealkylation sites (N-methyl/N-ethyl adjacent to an activating group) is 1. The maximum absolute atomic E-state index is 10.6. The fourth-order valence-corrected chi connectivity index (χ4v) is 7.74. The van der Waals surface area contributed by atoms with Gasteiger partial charge in [-0.25, -0.2) is 0 Å². The molecule has 0 saturated heterocycles. The summed E-state index contributed by atoms with van der Waals surface area (Å²) >= 11 is 0. The van der Waals surface area contributed by atoms with E-state index in [2.05, 4.69) is 32.8 Å². The fraction of sp³-hybridized carbons (Fsp3) is 1.00. The van der Waals surface area contributed by atoms with Gasteiger partial charge in [0.15, 0.2) is 0 Å². The van der Waals surface area contributed by atoms with E-state index >= 15 is 0 Å². The normalized spacial score (nSPS) is 51.0. The summed E-state index contributed by atoms with van der Waals surface area (Å²) < 4.78 is 6.25. The van der Waals surface area contributed by atoms with Gasteiger partial charge in [0.2, 0.25) is 0 Å². The molecule has 26 heavy (non-hydrogen) atoms. The third-order valence-corrected chi connectivity index (χ3v) is 9.46. The Morgan fingerprint density at radius 3 is 2.42 bits per heavy atom. The van der Waals surface area contributed by atoms with E-state index in [0.29, 0.717) is 11.5 Å². The van der Waals surface area contributed by atoms with Crippen LogP contribution in [-0.4, -0.2) is 49.5 Å². The maximum atomic E-state index is 10.6. The zero-order valence-electron chi connectivity index (χ0n) is 17.5. The van der Waals surface area contributed by atoms with Crippen LogP contribution in [0, 0.1) is 34.5 Å². The predicted octanol–water partition coefficient (Wildman–Crippen LogP) is 4.34. The molecule has 4 saturated carbocycles. The van der Waals surface area contributed by atoms with Crippen molar-refractivity contribution in [3.05, 3.63) is 0 Å². The number of nitrogens with zero attached hydrogens (tertiary/aromatic N) is 1. The number of fused-ring (bicyclic) bond motifs is 5. The topological polar surface area (TPSA) is 32.7 Å². The van der Waals surface area contributed by atoms with Crippen LogP contribution in [0.2, 0.25) is 0 Å². The second-order valence-electron chi connectivity index (χ2n) is 10.9. The van der Waals surface area contributed by atoms with Gasteiger partial charge < -0.3 is 14.7 Å². The molecule has 1 N–H and O–H groups in total. The van der Waals surface area contributed by atoms with Gasteiger partial charge in [-0.05, 0) is 106 Å². The van der Waals surface area contributed by atoms with Gasteiger partial charge in [-0.1, -0.05) is 13.8 Å². The number of ether oxygens (including phenoxy) is 1. The van der Waals surface area contributed by atoms with Gasteiger partial charge in [-0.15, -0.1) is 0 Å². The SMILES string of the molecule is CN(C)CCO[C@H]1CC[C@@]2(C)C(CCC3C2CC[C@@]2(C)C3CC[C@@H]2O)C1. The summed E-state index contributed by atoms with van der Waals surface area (Å²) in [7, 11) is 4.25. The third kappa shape index (κ3) is 3.06. The molecule has 150 valence electrons. The van der Waals surface area contributed by atoms with Crippen molar-refractivity contribution in [1.29, 1.82) is 0 Å². The highest BCUT2D eigenvalue weighted by atomic mass is 16.5. The molecule has 3 heteroatoms. The second kappa shape index (κ2) is 7.04. The quantitative estimate of drug-likeness (QED) is 0.806. The van der Waals surface area contributed by atoms with E-state index in [0.717, 1.165) is 43.2 Å². The first-order chi connectivity index (χ1) is 12.3. The Bertz CT molecular complexity index is 508. The first-order valence-electron chi connectivity index (χ1n) is 11.3. The van der Waals surface area contributed by atoms with Crippen molar-refractivity contribution in [1.82, 2.24) is 4.90 Å². The van der Waals surface area contributed by atoms with Crippen molar-refractivity contribution in [3.8, 4) is 0 Å². The summed E-state index contributed by atoms with van der Waals surface area (Å²) in [5.41, 5.74) is 0.746. The average molecular weight is 364 g/mol. The first-order valence-corrected chi connectivity index (χ1v) is 11.3. The van der Waals surface area contributed by atoms with Crippen LogP contribution in [0.25, 0.3) is 0 Å². The molecule has 0 bridgehead atoms. The molecule has 0 aromatic carbocycles. The van der Waals surface area contributed by atoms with Gasteiger partial charge in [-0.3, -0.25) is 0 Å². The van der Waals surface area contributed by atoms with Crippen LogP contribution < -0.4 is 0 Å². The molecule has 0 aliphatic heterocycles. The zero-order chi connectivity index (χ0) is 18.5. The van der Waals surface area contributed by atoms with Crippen LogP contribution in [0.3, 0.4) is 0 Å². The molecule has 4 aliphatic carbocycles. The zero-order valence-corrected chi connectivity index (χ0v) is 17.5. The minimum Gasteiger partial charge on any atom is -0.393 e. The van der Waals surface area contributed by atoms with E-state index in [9.17, 15) is 5.11 Å². The van der Waals surface area contributed by atoms with Gasteiger partial charge in [0.25, 0.3) is 0 Å². The monoisotopic (exact) mass is 363 g/mol. The van der Waals surface area contributed by atoms with E-state index in [1.807, 2.05) is 0 Å². The standard InChI is InChI=1S/C23H41NO2/c1-22-11-9-17(26-14-13-24(3)4)15-16(22)5-6-18-19-7-8-21(25)23(19,2)12-10-20(18)22/h16-21,25H,5-15H2,1-4H3/t16?,17-,18?,19?,20?,21-,22-,23-/m0/s1. The average Bonchev–Trinajstić information content (AvgIpc) is 2.90. The molecule has 0 spiro atoms. The Morgan fingerprint density at radius 2 is 1.65 bits per heavy atom. The number of aliphatic hydroxyl groups excluding tert-OH is 1. The number of rotatable bonds is 4. The lowest BCUT2D eigenvalue weighted by atomic mass is 9.45. The van der Waals surface area contributed by atoms with Crippen LogP contribution in [-0.2, 0) is 4.74 Å². The van der Waals surface area contributed by atoms with E-state index in [1.54, 1.807) is 0 Å². The van der Waals surface area contributed by atoms with E-state index in [4.69, 9.17) is 4.74 Å². The van der Waals surface area contributed by atoms with Gasteiger partial charge in [0, 0.05) is 6.54 Å². The lowest BCUT2D eigenvalue weighted by molar-refractivity contribution is -0.140. The highest BCUT2D eigenvalue weighted by Crippen LogP contribution is 2.66. The molecule has 0 heterocycles. The molecule has 4 aliphatic rings. The summed E-state index contributed by atoms with van der Waals surface area (Å²) in [6.07, 6.45) is 12.1. The number of aliphatic hydroxyl groups is 1. The van der Waals surface area contributed by atoms with Crippen LogP contribution in [0.4, 0.5) is 0 Å². The van der Waals surface area contributed by atoms with Gasteiger partial charge in [0.1, 0.15) is 0 Å². The molecule has 3 nitrogen and oxygen atoms in total. The van der Waals surface area contributed by atoms with E-state index < -0.39 is 0 Å². The predicted molar refractivity (Wildman–Crippen MR) is 106 cm³/mol. The minimum atomic E-state index is -0.0418. The Hall–Kier alpha value is -0.120. The Balaban J connectivity index is 1.42. The highest BCUT2D eigenvalue weighted by Gasteiger charge is 2.60. The molecule has 0 radical (unpaired) electrons. The third-order valence-electron chi connectivity index (χ3n) is 9.46. The molecule has 0 aromatic heterocycles. The molecular weight excluding hydrogens is 322 g/mol. The Kier molecular flexibility index (Phi) is 5.20. The molecule has 8 atom stereocenters. The summed E-state index contributed by atoms with van der Waals surface area (Å²) in [5, 5.41) is 10.6. The molecule has 4 fully saturated rings. The minimum absolute atomic E-state index is 0.0418. The molecule has 0 aromatic rings. The van der Waals surface area contributed by atoms with Gasteiger partial charge >= 0.3 is 0 Å². The van der Waals surface area contributed by atoms with Crippen molar-refractivity contribution in [2.45, 2.75) is 83.8 Å². The van der Waals surface area contributed by atoms with Gasteiger partial charge in [-0.2, -0.15) is 0 Å². The fourth-order valence-electron chi connectivity index (χ4n) is 7.74. The summed E-state index contributed by atoms with van der Waals surface area (Å²) in [4.78, 5) is 2.22. The molecule has 0 amide bonds. The van der Waals surface area contributed by atoms with Crippen molar-refractivity contribution in [2.75, 3.05) is 27.2 Å². The van der Waals surface area contributed by atoms with Crippen molar-refractivity contribution in [2.24, 2.45) is 34.5 Å². The van der Waals surface area contributed by atoms with Crippen molar-refractivity contribution < 1.29 is 9.84 Å². The molecular formula is C23H41NO2. The largest absolute Gasteiger partial charge is 0.393 e. The van der Waals surface area contributed by atoms with Crippen molar-refractivity contribution in [3.63, 3.8) is 0 Å². The summed E-state index contributed by atoms with van der Waals surface area (Å²) in [6, 6.07) is 0. The highest BCUT2D eigenvalue weighted by molar-refractivity contribution is 5.09. The smallest absolute Gasteiger partial charge is 0.0596 e. The van der Waals surface area contributed by atoms with Crippen LogP contribution in [0.1, 0.15) is 71.6 Å². The lowest BCUT2D eigenvalue weighted by Gasteiger charge is -2.60. The maximum Gasteiger partial charge on any atom is 0.0596 e.